The minimum absolute atomic E-state index is 0.0183. The fourth-order valence-electron chi connectivity index (χ4n) is 10.2. The number of rotatable bonds is 17. The number of hydrogen-bond donors (Lipinski definition) is 5. The van der Waals surface area contributed by atoms with Crippen LogP contribution in [0.15, 0.2) is 61.2 Å². The average molecular weight is 1180 g/mol. The second-order valence-corrected chi connectivity index (χ2v) is 22.4. The van der Waals surface area contributed by atoms with Crippen molar-refractivity contribution in [3.8, 4) is 23.2 Å². The second-order valence-electron chi connectivity index (χ2n) is 20.9. The monoisotopic (exact) mass is 1170 g/mol. The number of nitrogen functional groups attached to an aromatic ring is 1. The molecule has 2 aromatic heterocycles. The maximum absolute atomic E-state index is 16.0. The summed E-state index contributed by atoms with van der Waals surface area (Å²) in [6.07, 6.45) is 9.35. The van der Waals surface area contributed by atoms with Crippen LogP contribution in [0.3, 0.4) is 0 Å². The fourth-order valence-corrected chi connectivity index (χ4v) is 11.4. The van der Waals surface area contributed by atoms with Gasteiger partial charge in [0.15, 0.2) is 5.82 Å². The third-order valence-corrected chi connectivity index (χ3v) is 15.5. The van der Waals surface area contributed by atoms with Crippen LogP contribution in [0.1, 0.15) is 102 Å². The zero-order valence-electron chi connectivity index (χ0n) is 47.4. The summed E-state index contributed by atoms with van der Waals surface area (Å²) in [5.41, 5.74) is 7.01. The highest BCUT2D eigenvalue weighted by atomic mass is 35.5. The number of carbonyl (C=O) groups excluding carboxylic acids is 3. The lowest BCUT2D eigenvalue weighted by atomic mass is 10.0. The van der Waals surface area contributed by atoms with E-state index in [2.05, 4.69) is 63.1 Å². The molecule has 6 heterocycles. The van der Waals surface area contributed by atoms with Crippen molar-refractivity contribution in [3.05, 3.63) is 110 Å². The number of likely N-dealkylation sites (tertiary alicyclic amines) is 2. The quantitative estimate of drug-likeness (QED) is 0.0441. The van der Waals surface area contributed by atoms with Gasteiger partial charge >= 0.3 is 6.01 Å². The number of fused-ring (bicyclic) bond motifs is 3. The molecule has 0 radical (unpaired) electrons. The van der Waals surface area contributed by atoms with Crippen LogP contribution in [0.5, 0.6) is 6.01 Å². The number of piperazine rings is 1. The molecule has 4 fully saturated rings. The number of nitrogens with two attached hydrogens (primary N) is 1. The molecule has 82 heavy (non-hydrogen) atoms. The fraction of sp³-hybridized carbons (Fsp3) is 0.467. The van der Waals surface area contributed by atoms with Gasteiger partial charge in [-0.3, -0.25) is 14.4 Å². The van der Waals surface area contributed by atoms with Gasteiger partial charge in [0.05, 0.1) is 47.0 Å². The van der Waals surface area contributed by atoms with Gasteiger partial charge in [-0.05, 0) is 112 Å². The third-order valence-electron chi connectivity index (χ3n) is 14.1. The topological polar surface area (TPSA) is 211 Å². The van der Waals surface area contributed by atoms with Gasteiger partial charge in [0, 0.05) is 74.6 Å². The number of nitriles is 1. The highest BCUT2D eigenvalue weighted by Crippen LogP contribution is 2.36. The molecule has 442 valence electrons. The predicted octanol–water partition coefficient (Wildman–Crippen LogP) is 8.06. The average Bonchev–Trinajstić information content (AvgIpc) is 4.45. The minimum atomic E-state index is -0.730. The van der Waals surface area contributed by atoms with Crippen LogP contribution >= 0.6 is 22.9 Å². The first-order valence-electron chi connectivity index (χ1n) is 27.6. The van der Waals surface area contributed by atoms with Crippen molar-refractivity contribution < 1.29 is 46.5 Å². The van der Waals surface area contributed by atoms with Crippen LogP contribution in [-0.2, 0) is 19.1 Å². The molecule has 5 aromatic rings. The summed E-state index contributed by atoms with van der Waals surface area (Å²) in [6, 6.07) is 13.7. The van der Waals surface area contributed by atoms with Crippen LogP contribution in [0, 0.1) is 34.7 Å². The molecule has 0 saturated carbocycles. The van der Waals surface area contributed by atoms with Crippen LogP contribution in [0.4, 0.5) is 28.4 Å². The van der Waals surface area contributed by atoms with E-state index in [4.69, 9.17) is 31.9 Å². The number of halogens is 5. The smallest absolute Gasteiger partial charge is 0.318 e. The van der Waals surface area contributed by atoms with Crippen molar-refractivity contribution in [3.63, 3.8) is 0 Å². The SMILES string of the molecule is C=C/C(F)=c1/sc(N)c(C#N)/c1=C\c1c(Cl)cc2c(N3CC4CCC(C3)N4)nc(OC)nc2c1F.CC(C)C.CO.C[C@H](NC(=O)[C@@H]1CCCN1C(=O)CNC(=O)CCOCCCN1CCCC1)c1ccc(-c2c(F)cccc2F)cc1. The van der Waals surface area contributed by atoms with Crippen molar-refractivity contribution in [2.24, 2.45) is 5.92 Å². The first-order valence-corrected chi connectivity index (χ1v) is 28.8. The number of amides is 3. The number of thiophene rings is 1. The molecule has 4 aliphatic rings. The van der Waals surface area contributed by atoms with E-state index in [9.17, 15) is 32.8 Å². The molecule has 9 rings (SSSR count). The van der Waals surface area contributed by atoms with E-state index in [0.29, 0.717) is 61.5 Å². The largest absolute Gasteiger partial charge is 0.467 e. The Morgan fingerprint density at radius 1 is 0.988 bits per heavy atom. The van der Waals surface area contributed by atoms with E-state index in [1.807, 2.05) is 13.0 Å². The van der Waals surface area contributed by atoms with Gasteiger partial charge in [0.25, 0.3) is 0 Å². The summed E-state index contributed by atoms with van der Waals surface area (Å²) in [5, 5.41) is 26.5. The Morgan fingerprint density at radius 3 is 2.27 bits per heavy atom. The Bertz CT molecular complexity index is 3160. The van der Waals surface area contributed by atoms with E-state index >= 15 is 4.39 Å². The van der Waals surface area contributed by atoms with Crippen molar-refractivity contribution >= 4 is 74.3 Å². The Labute approximate surface area is 486 Å². The number of carbonyl (C=O) groups is 3. The number of aliphatic hydroxyl groups excluding tert-OH is 1. The highest BCUT2D eigenvalue weighted by Gasteiger charge is 2.36. The van der Waals surface area contributed by atoms with Gasteiger partial charge in [-0.25, -0.2) is 17.6 Å². The summed E-state index contributed by atoms with van der Waals surface area (Å²) in [7, 11) is 2.42. The molecule has 3 aromatic carbocycles. The second kappa shape index (κ2) is 31.1. The van der Waals surface area contributed by atoms with Crippen LogP contribution in [0.2, 0.25) is 5.02 Å². The molecule has 0 spiro atoms. The summed E-state index contributed by atoms with van der Waals surface area (Å²) in [5.74, 6) is -2.15. The normalized spacial score (nSPS) is 18.3. The summed E-state index contributed by atoms with van der Waals surface area (Å²) < 4.78 is 69.6. The first kappa shape index (κ1) is 64.5. The minimum Gasteiger partial charge on any atom is -0.467 e. The molecule has 6 N–H and O–H groups in total. The molecule has 22 heteroatoms. The van der Waals surface area contributed by atoms with E-state index < -0.39 is 29.3 Å². The van der Waals surface area contributed by atoms with Gasteiger partial charge in [0.2, 0.25) is 17.7 Å². The van der Waals surface area contributed by atoms with E-state index in [1.165, 1.54) is 49.1 Å². The first-order chi connectivity index (χ1) is 39.4. The Balaban J connectivity index is 0.000000243. The van der Waals surface area contributed by atoms with Gasteiger partial charge in [-0.1, -0.05) is 69.3 Å². The Kier molecular flexibility index (Phi) is 24.5. The molecule has 4 aliphatic heterocycles. The number of ether oxygens (including phenoxy) is 2. The van der Waals surface area contributed by atoms with Gasteiger partial charge in [-0.15, -0.1) is 11.3 Å². The standard InChI is InChI=1S/C31H40F2N4O4.C24H21ClF2N6OS.C4H10.CH4O/c1-22(23-10-12-24(13-11-23)30-25(32)7-4-8-26(30)33)35-31(40)27-9-5-18-37(27)29(39)21-34-28(38)14-20-41-19-6-17-36-15-2-3-16-36;1-3-18(26)21-13(16(8-28)22(29)35-21)6-14-17(25)7-15-20(19(14)27)31-24(34-2)32-23(15)33-9-11-4-5-12(10-33)30-11;1-4(2)3;1-2/h4,7-8,10-13,22,27H,2-3,5-6,9,14-21H2,1H3,(H,34,38)(H,35,40);3,6-7,11-12,30H,1,4-5,9-10,29H2,2H3;4H,1-3H3;2H,1H3/b;13-6+,21-18-;;/t22-,27-;;;/m0.../s1. The van der Waals surface area contributed by atoms with E-state index in [1.54, 1.807) is 30.3 Å². The zero-order valence-corrected chi connectivity index (χ0v) is 49.0. The molecule has 16 nitrogen and oxygen atoms in total. The number of aliphatic hydroxyl groups is 1. The number of anilines is 2. The molecule has 0 aliphatic carbocycles. The molecule has 2 bridgehead atoms. The van der Waals surface area contributed by atoms with Crippen molar-refractivity contribution in [1.29, 1.82) is 5.26 Å². The lowest BCUT2D eigenvalue weighted by molar-refractivity contribution is -0.139. The summed E-state index contributed by atoms with van der Waals surface area (Å²) >= 11 is 7.44. The lowest BCUT2D eigenvalue weighted by Gasteiger charge is -2.34. The molecule has 2 unspecified atom stereocenters. The third kappa shape index (κ3) is 16.8. The zero-order chi connectivity index (χ0) is 59.6. The Morgan fingerprint density at radius 2 is 1.65 bits per heavy atom. The summed E-state index contributed by atoms with van der Waals surface area (Å²) in [4.78, 5) is 52.9. The highest BCUT2D eigenvalue weighted by molar-refractivity contribution is 7.14. The predicted molar refractivity (Wildman–Crippen MR) is 315 cm³/mol. The molecule has 4 atom stereocenters. The van der Waals surface area contributed by atoms with Crippen LogP contribution < -0.4 is 41.1 Å². The molecular weight excluding hydrogens is 1100 g/mol. The van der Waals surface area contributed by atoms with E-state index in [0.717, 1.165) is 88.0 Å². The van der Waals surface area contributed by atoms with Crippen LogP contribution in [0.25, 0.3) is 33.9 Å². The van der Waals surface area contributed by atoms with Gasteiger partial charge in [-0.2, -0.15) is 15.2 Å². The molecule has 4 saturated heterocycles. The van der Waals surface area contributed by atoms with Gasteiger partial charge in [0.1, 0.15) is 45.9 Å². The van der Waals surface area contributed by atoms with Crippen molar-refractivity contribution in [1.82, 2.24) is 35.7 Å². The number of hydrogen-bond acceptors (Lipinski definition) is 14. The maximum atomic E-state index is 16.0. The molecule has 3 amide bonds. The van der Waals surface area contributed by atoms with Crippen LogP contribution in [-0.4, -0.2) is 134 Å². The summed E-state index contributed by atoms with van der Waals surface area (Å²) in [6.45, 7) is 17.7. The number of nitrogens with one attached hydrogen (secondary N) is 3. The number of allylic oxidation sites excluding steroid dienone is 1. The maximum Gasteiger partial charge on any atom is 0.318 e. The van der Waals surface area contributed by atoms with Crippen molar-refractivity contribution in [2.45, 2.75) is 103 Å². The molecular formula is C60H75ClF4N10O6S. The number of aromatic nitrogens is 2. The van der Waals surface area contributed by atoms with E-state index in [-0.39, 0.29) is 84.7 Å². The van der Waals surface area contributed by atoms with Gasteiger partial charge < -0.3 is 51.0 Å². The number of methoxy groups -OCH3 is 1. The van der Waals surface area contributed by atoms with Crippen molar-refractivity contribution in [2.75, 3.05) is 83.9 Å². The lowest BCUT2D eigenvalue weighted by Crippen LogP contribution is -2.51. The Hall–Kier alpha value is -6.67. The number of benzene rings is 3. The number of nitrogens with zero attached hydrogens (tertiary/aromatic N) is 6.